The van der Waals surface area contributed by atoms with Gasteiger partial charge in [0.1, 0.15) is 0 Å². The number of thioether (sulfide) groups is 1. The highest BCUT2D eigenvalue weighted by Crippen LogP contribution is 2.31. The summed E-state index contributed by atoms with van der Waals surface area (Å²) >= 11 is 1.84. The second-order valence-corrected chi connectivity index (χ2v) is 6.94. The van der Waals surface area contributed by atoms with Crippen molar-refractivity contribution in [1.29, 1.82) is 0 Å². The van der Waals surface area contributed by atoms with E-state index in [-0.39, 0.29) is 0 Å². The van der Waals surface area contributed by atoms with E-state index in [0.717, 1.165) is 5.82 Å². The summed E-state index contributed by atoms with van der Waals surface area (Å²) in [7, 11) is 0. The molecule has 0 nitrogen and oxygen atoms in total. The van der Waals surface area contributed by atoms with Crippen LogP contribution < -0.4 is 10.9 Å². The van der Waals surface area contributed by atoms with E-state index >= 15 is 0 Å². The Hall–Kier alpha value is -1.15. The first kappa shape index (κ1) is 14.8. The van der Waals surface area contributed by atoms with Crippen LogP contribution in [0.4, 0.5) is 0 Å². The van der Waals surface area contributed by atoms with E-state index in [1.807, 2.05) is 11.8 Å². The minimum atomic E-state index is 0.568. The van der Waals surface area contributed by atoms with Crippen LogP contribution in [0.1, 0.15) is 32.1 Å². The molecule has 1 saturated carbocycles. The maximum absolute atomic E-state index is 2.40. The zero-order valence-corrected chi connectivity index (χ0v) is 13.6. The summed E-state index contributed by atoms with van der Waals surface area (Å²) in [5.41, 5.74) is 2.99. The molecule has 0 aliphatic heterocycles. The summed E-state index contributed by atoms with van der Waals surface area (Å²) in [6.45, 7) is 0.568. The predicted octanol–water partition coefficient (Wildman–Crippen LogP) is 4.35. The number of rotatable bonds is 4. The van der Waals surface area contributed by atoms with E-state index in [1.54, 1.807) is 0 Å². The molecule has 0 aromatic heterocycles. The van der Waals surface area contributed by atoms with Crippen molar-refractivity contribution < 1.29 is 0 Å². The van der Waals surface area contributed by atoms with Gasteiger partial charge in [-0.15, -0.1) is 11.8 Å². The highest BCUT2D eigenvalue weighted by Gasteiger charge is 2.30. The minimum absolute atomic E-state index is 0.568. The Kier molecular flexibility index (Phi) is 5.08. The van der Waals surface area contributed by atoms with Crippen LogP contribution in [0.15, 0.2) is 59.5 Å². The molecule has 0 N–H and O–H groups in total. The van der Waals surface area contributed by atoms with Gasteiger partial charge in [-0.2, -0.15) is 0 Å². The molecule has 2 aromatic rings. The monoisotopic (exact) mass is 294 g/mol. The third-order valence-electron chi connectivity index (χ3n) is 4.73. The van der Waals surface area contributed by atoms with Crippen molar-refractivity contribution in [3.8, 4) is 0 Å². The maximum Gasteiger partial charge on any atom is 0.212 e. The van der Waals surface area contributed by atoms with Gasteiger partial charge < -0.3 is 0 Å². The summed E-state index contributed by atoms with van der Waals surface area (Å²) < 4.78 is 0. The SMILES string of the molecule is CSc1cccc(B(c2ccccc2)C2CCCCC2)c1. The number of hydrogen-bond acceptors (Lipinski definition) is 1. The number of hydrogen-bond donors (Lipinski definition) is 0. The average Bonchev–Trinajstić information content (AvgIpc) is 2.57. The molecule has 1 aliphatic rings. The van der Waals surface area contributed by atoms with Crippen LogP contribution in [0.5, 0.6) is 0 Å². The van der Waals surface area contributed by atoms with E-state index in [1.165, 1.54) is 47.9 Å². The van der Waals surface area contributed by atoms with E-state index in [2.05, 4.69) is 60.9 Å². The highest BCUT2D eigenvalue weighted by atomic mass is 32.2. The first-order valence-corrected chi connectivity index (χ1v) is 9.30. The van der Waals surface area contributed by atoms with Gasteiger partial charge in [-0.05, 0) is 12.3 Å². The van der Waals surface area contributed by atoms with Gasteiger partial charge >= 0.3 is 0 Å². The van der Waals surface area contributed by atoms with E-state index in [4.69, 9.17) is 0 Å². The molecule has 0 radical (unpaired) electrons. The Morgan fingerprint density at radius 2 is 1.57 bits per heavy atom. The fourth-order valence-corrected chi connectivity index (χ4v) is 4.17. The quantitative estimate of drug-likeness (QED) is 0.596. The molecule has 21 heavy (non-hydrogen) atoms. The Morgan fingerprint density at radius 1 is 0.857 bits per heavy atom. The van der Waals surface area contributed by atoms with E-state index in [0.29, 0.717) is 6.71 Å². The fourth-order valence-electron chi connectivity index (χ4n) is 3.70. The lowest BCUT2D eigenvalue weighted by atomic mass is 9.32. The van der Waals surface area contributed by atoms with Crippen LogP contribution in [0.3, 0.4) is 0 Å². The van der Waals surface area contributed by atoms with Crippen molar-refractivity contribution in [3.05, 3.63) is 54.6 Å². The molecule has 3 rings (SSSR count). The molecule has 0 saturated heterocycles. The Balaban J connectivity index is 1.98. The van der Waals surface area contributed by atoms with Gasteiger partial charge in [0.25, 0.3) is 0 Å². The molecule has 0 amide bonds. The molecule has 0 bridgehead atoms. The summed E-state index contributed by atoms with van der Waals surface area (Å²) in [6, 6.07) is 20.3. The molecular weight excluding hydrogens is 271 g/mol. The predicted molar refractivity (Wildman–Crippen MR) is 96.5 cm³/mol. The lowest BCUT2D eigenvalue weighted by Crippen LogP contribution is -2.46. The molecule has 1 fully saturated rings. The van der Waals surface area contributed by atoms with Crippen LogP contribution in [0.2, 0.25) is 5.82 Å². The largest absolute Gasteiger partial charge is 0.212 e. The standard InChI is InChI=1S/C19H23BS/c1-21-19-14-8-13-18(15-19)20(16-9-4-2-5-10-16)17-11-6-3-7-12-17/h2,4-5,8-10,13-15,17H,3,6-7,11-12H2,1H3. The Bertz CT molecular complexity index is 561. The lowest BCUT2D eigenvalue weighted by Gasteiger charge is -2.29. The fraction of sp³-hybridized carbons (Fsp3) is 0.368. The van der Waals surface area contributed by atoms with E-state index < -0.39 is 0 Å². The van der Waals surface area contributed by atoms with Crippen LogP contribution in [-0.2, 0) is 0 Å². The van der Waals surface area contributed by atoms with Crippen molar-refractivity contribution in [1.82, 2.24) is 0 Å². The molecule has 2 aromatic carbocycles. The molecule has 2 heteroatoms. The van der Waals surface area contributed by atoms with Crippen molar-refractivity contribution in [2.75, 3.05) is 6.26 Å². The van der Waals surface area contributed by atoms with Crippen LogP contribution >= 0.6 is 11.8 Å². The van der Waals surface area contributed by atoms with Gasteiger partial charge in [0.05, 0.1) is 0 Å². The van der Waals surface area contributed by atoms with Gasteiger partial charge in [-0.3, -0.25) is 0 Å². The second kappa shape index (κ2) is 7.22. The van der Waals surface area contributed by atoms with Crippen LogP contribution in [-0.4, -0.2) is 13.0 Å². The van der Waals surface area contributed by atoms with Crippen LogP contribution in [0, 0.1) is 0 Å². The van der Waals surface area contributed by atoms with Crippen molar-refractivity contribution in [2.24, 2.45) is 0 Å². The van der Waals surface area contributed by atoms with Crippen molar-refractivity contribution >= 4 is 29.4 Å². The molecule has 0 unspecified atom stereocenters. The number of benzene rings is 2. The van der Waals surface area contributed by atoms with E-state index in [9.17, 15) is 0 Å². The summed E-state index contributed by atoms with van der Waals surface area (Å²) in [6.07, 6.45) is 9.14. The summed E-state index contributed by atoms with van der Waals surface area (Å²) in [5.74, 6) is 0.804. The van der Waals surface area contributed by atoms with Gasteiger partial charge in [0, 0.05) is 4.90 Å². The van der Waals surface area contributed by atoms with Crippen LogP contribution in [0.25, 0.3) is 0 Å². The molecule has 0 spiro atoms. The van der Waals surface area contributed by atoms with Crippen molar-refractivity contribution in [2.45, 2.75) is 42.8 Å². The first-order chi connectivity index (χ1) is 10.4. The third kappa shape index (κ3) is 3.55. The molecule has 1 aliphatic carbocycles. The summed E-state index contributed by atoms with van der Waals surface area (Å²) in [4.78, 5) is 1.38. The Morgan fingerprint density at radius 3 is 2.29 bits per heavy atom. The topological polar surface area (TPSA) is 0 Å². The third-order valence-corrected chi connectivity index (χ3v) is 5.46. The smallest absolute Gasteiger partial charge is 0.130 e. The van der Waals surface area contributed by atoms with Gasteiger partial charge in [0.2, 0.25) is 6.71 Å². The maximum atomic E-state index is 2.40. The molecule has 108 valence electrons. The minimum Gasteiger partial charge on any atom is -0.130 e. The highest BCUT2D eigenvalue weighted by molar-refractivity contribution is 7.98. The second-order valence-electron chi connectivity index (χ2n) is 6.06. The molecule has 0 atom stereocenters. The lowest BCUT2D eigenvalue weighted by molar-refractivity contribution is 0.499. The van der Waals surface area contributed by atoms with Gasteiger partial charge in [-0.25, -0.2) is 0 Å². The normalized spacial score (nSPS) is 15.9. The van der Waals surface area contributed by atoms with Gasteiger partial charge in [0.15, 0.2) is 0 Å². The Labute approximate surface area is 133 Å². The average molecular weight is 294 g/mol. The summed E-state index contributed by atoms with van der Waals surface area (Å²) in [5, 5.41) is 0. The zero-order valence-electron chi connectivity index (χ0n) is 12.8. The molecular formula is C19H23BS. The first-order valence-electron chi connectivity index (χ1n) is 8.07. The zero-order chi connectivity index (χ0) is 14.5. The van der Waals surface area contributed by atoms with Crippen molar-refractivity contribution in [3.63, 3.8) is 0 Å². The van der Waals surface area contributed by atoms with Gasteiger partial charge in [-0.1, -0.05) is 97.4 Å². The molecule has 0 heterocycles.